The van der Waals surface area contributed by atoms with E-state index in [2.05, 4.69) is 12.6 Å². The second-order valence-electron chi connectivity index (χ2n) is 1.28. The zero-order valence-corrected chi connectivity index (χ0v) is 14.1. The molecule has 0 fully saturated rings. The van der Waals surface area contributed by atoms with Gasteiger partial charge in [0.1, 0.15) is 0 Å². The number of aliphatic carboxylic acids is 1. The van der Waals surface area contributed by atoms with Gasteiger partial charge in [0.15, 0.2) is 0 Å². The number of hydrogen-bond donors (Lipinski definition) is 1. The maximum absolute atomic E-state index is 9.92. The summed E-state index contributed by atoms with van der Waals surface area (Å²) in [6.45, 7) is 0. The maximum atomic E-state index is 9.92. The number of carboxylic acids is 1. The van der Waals surface area contributed by atoms with Gasteiger partial charge in [-0.2, -0.15) is 0 Å². The summed E-state index contributed by atoms with van der Waals surface area (Å²) >= 11 is 3.90. The van der Waals surface area contributed by atoms with Gasteiger partial charge in [-0.25, -0.2) is 6.10 Å². The smallest absolute Gasteiger partial charge is 0.772 e. The molecule has 0 aliphatic carbocycles. The average molecular weight is 408 g/mol. The van der Waals surface area contributed by atoms with E-state index in [9.17, 15) is 14.7 Å². The van der Waals surface area contributed by atoms with Crippen LogP contribution in [0.25, 0.3) is 0 Å². The minimum Gasteiger partial charge on any atom is -0.772 e. The third kappa shape index (κ3) is 20.1. The van der Waals surface area contributed by atoms with Crippen LogP contribution in [0.4, 0.5) is 0 Å². The molecule has 5 nitrogen and oxygen atoms in total. The molecule has 0 amide bonds. The topological polar surface area (TPSA) is 109 Å². The normalized spacial score (nSPS) is 5.92. The molecule has 0 spiro atoms. The molecule has 0 aliphatic heterocycles. The van der Waals surface area contributed by atoms with E-state index in [0.717, 1.165) is 0 Å². The second kappa shape index (κ2) is 16.3. The minimum absolute atomic E-state index is 0. The molecule has 0 aromatic heterocycles. The van der Waals surface area contributed by atoms with Gasteiger partial charge in [0.25, 0.3) is 0 Å². The molecule has 0 atom stereocenters. The summed E-state index contributed by atoms with van der Waals surface area (Å²) in [6.07, 6.45) is -1.66. The summed E-state index contributed by atoms with van der Waals surface area (Å²) in [4.78, 5) is 19.5. The molecule has 3 N–H and O–H groups in total. The molecule has 0 aromatic carbocycles. The molecule has 0 radical (unpaired) electrons. The van der Waals surface area contributed by atoms with Gasteiger partial charge in [0, 0.05) is 5.97 Å². The number of aliphatic hydroxyl groups excluding tert-OH is 1. The molecule has 0 aliphatic rings. The molecule has 0 rings (SSSR count). The summed E-state index contributed by atoms with van der Waals surface area (Å²) in [5, 5.41) is 16.9. The van der Waals surface area contributed by atoms with E-state index in [1.54, 1.807) is 0 Å². The molecule has 0 saturated carbocycles. The van der Waals surface area contributed by atoms with Crippen LogP contribution in [0.3, 0.4) is 0 Å². The van der Waals surface area contributed by atoms with Gasteiger partial charge in [0.05, 0.1) is 0 Å². The van der Waals surface area contributed by atoms with Crippen molar-refractivity contribution < 1.29 is 107 Å². The Labute approximate surface area is 141 Å². The fourth-order valence-corrected chi connectivity index (χ4v) is 0.281. The standard InChI is InChI=1S/C4H5O4S.Au.2Na.H2O/c5-2(4(8)9)1-3(6)7;;;;/h5H,1H2,(H,6,7)(H,8,9);;;;1H2/q-1;3*+1;/p-2. The molecular weight excluding hydrogens is 403 g/mol. The van der Waals surface area contributed by atoms with E-state index in [-0.39, 0.29) is 87.0 Å². The molecule has 0 saturated heterocycles. The summed E-state index contributed by atoms with van der Waals surface area (Å²) in [5.74, 6) is -1.52. The van der Waals surface area contributed by atoms with Crippen molar-refractivity contribution in [1.82, 2.24) is 0 Å². The van der Waals surface area contributed by atoms with Gasteiger partial charge in [-0.3, -0.25) is 0 Å². The SMILES string of the molecule is O.O=C([O-])C[C-](O)C(=O)[S-].[Au+].[Na+].[Na+]. The molecule has 70 valence electrons. The molecule has 0 unspecified atom stereocenters. The predicted molar refractivity (Wildman–Crippen MR) is 30.8 cm³/mol. The van der Waals surface area contributed by atoms with Gasteiger partial charge in [-0.1, -0.05) is 6.42 Å². The first-order valence-corrected chi connectivity index (χ1v) is 2.41. The largest absolute Gasteiger partial charge is 1.00 e. The third-order valence-electron chi connectivity index (χ3n) is 0.547. The van der Waals surface area contributed by atoms with Crippen LogP contribution in [0.5, 0.6) is 0 Å². The Morgan fingerprint density at radius 2 is 1.69 bits per heavy atom. The van der Waals surface area contributed by atoms with Gasteiger partial charge >= 0.3 is 81.5 Å². The zero-order chi connectivity index (χ0) is 7.44. The van der Waals surface area contributed by atoms with E-state index < -0.39 is 23.6 Å². The van der Waals surface area contributed by atoms with Crippen molar-refractivity contribution in [2.24, 2.45) is 0 Å². The van der Waals surface area contributed by atoms with E-state index in [4.69, 9.17) is 5.11 Å². The number of carbonyl (C=O) groups excluding carboxylic acids is 2. The van der Waals surface area contributed by atoms with Crippen molar-refractivity contribution in [3.63, 3.8) is 0 Å². The van der Waals surface area contributed by atoms with E-state index in [1.165, 1.54) is 0 Å². The Morgan fingerprint density at radius 3 is 1.77 bits per heavy atom. The monoisotopic (exact) mass is 408 g/mol. The Balaban J connectivity index is -0.0000000533. The predicted octanol–water partition coefficient (Wildman–Crippen LogP) is -8.71. The first-order chi connectivity index (χ1) is 4.04. The molecule has 13 heavy (non-hydrogen) atoms. The van der Waals surface area contributed by atoms with Gasteiger partial charge < -0.3 is 37.9 Å². The van der Waals surface area contributed by atoms with Crippen molar-refractivity contribution in [2.45, 2.75) is 6.42 Å². The van der Waals surface area contributed by atoms with Crippen molar-refractivity contribution >= 4 is 23.7 Å². The van der Waals surface area contributed by atoms with Crippen molar-refractivity contribution in [3.05, 3.63) is 6.10 Å². The number of carboxylic acid groups (broad SMARTS) is 1. The van der Waals surface area contributed by atoms with Crippen LogP contribution in [-0.4, -0.2) is 21.7 Å². The third-order valence-corrected chi connectivity index (χ3v) is 0.783. The Hall–Kier alpha value is 1.89. The van der Waals surface area contributed by atoms with Crippen LogP contribution in [0, 0.1) is 6.10 Å². The minimum atomic E-state index is -1.52. The number of carbonyl (C=O) groups is 2. The number of hydrogen-bond acceptors (Lipinski definition) is 5. The van der Waals surface area contributed by atoms with Crippen LogP contribution >= 0.6 is 0 Å². The van der Waals surface area contributed by atoms with Crippen LogP contribution in [0.1, 0.15) is 6.42 Å². The summed E-state index contributed by atoms with van der Waals surface area (Å²) in [5.41, 5.74) is 0. The first-order valence-electron chi connectivity index (χ1n) is 2.00. The summed E-state index contributed by atoms with van der Waals surface area (Å²) in [6, 6.07) is 0. The van der Waals surface area contributed by atoms with Gasteiger partial charge in [-0.15, -0.1) is 5.12 Å². The molecule has 0 bridgehead atoms. The fourth-order valence-electron chi connectivity index (χ4n) is 0.209. The van der Waals surface area contributed by atoms with Crippen LogP contribution < -0.4 is 64.2 Å². The van der Waals surface area contributed by atoms with Gasteiger partial charge in [0.2, 0.25) is 0 Å². The second-order valence-corrected chi connectivity index (χ2v) is 1.65. The maximum Gasteiger partial charge on any atom is 1.00 e. The van der Waals surface area contributed by atoms with E-state index in [1.807, 2.05) is 0 Å². The number of aliphatic hydroxyl groups is 1. The summed E-state index contributed by atoms with van der Waals surface area (Å²) < 4.78 is 0. The quantitative estimate of drug-likeness (QED) is 0.284. The molecule has 0 aromatic rings. The van der Waals surface area contributed by atoms with Crippen LogP contribution in [0.15, 0.2) is 0 Å². The zero-order valence-electron chi connectivity index (χ0n) is 7.09. The van der Waals surface area contributed by atoms with Crippen molar-refractivity contribution in [2.75, 3.05) is 0 Å². The Kier molecular flexibility index (Phi) is 36.9. The van der Waals surface area contributed by atoms with Crippen molar-refractivity contribution in [1.29, 1.82) is 0 Å². The fraction of sp³-hybridized carbons (Fsp3) is 0.250. The van der Waals surface area contributed by atoms with E-state index in [0.29, 0.717) is 0 Å². The van der Waals surface area contributed by atoms with Crippen LogP contribution in [0.2, 0.25) is 0 Å². The van der Waals surface area contributed by atoms with Crippen molar-refractivity contribution in [3.8, 4) is 0 Å². The van der Waals surface area contributed by atoms with Crippen LogP contribution in [-0.2, 0) is 44.6 Å². The first kappa shape index (κ1) is 29.4. The molecule has 9 heteroatoms. The Bertz CT molecular complexity index is 146. The molecular formula is C4H5AuNa2O5S. The molecule has 0 heterocycles. The number of rotatable bonds is 3. The summed E-state index contributed by atoms with van der Waals surface area (Å²) in [7, 11) is 0. The van der Waals surface area contributed by atoms with E-state index >= 15 is 0 Å². The average Bonchev–Trinajstić information content (AvgIpc) is 1.63. The van der Waals surface area contributed by atoms with Gasteiger partial charge in [-0.05, 0) is 0 Å². The Morgan fingerprint density at radius 1 is 1.38 bits per heavy atom.